The summed E-state index contributed by atoms with van der Waals surface area (Å²) in [5.74, 6) is 0.345. The first kappa shape index (κ1) is 19.1. The number of rotatable bonds is 4. The molecule has 1 fully saturated rings. The molecule has 0 spiro atoms. The van der Waals surface area contributed by atoms with Crippen molar-refractivity contribution in [2.75, 3.05) is 0 Å². The number of amides is 1. The Morgan fingerprint density at radius 1 is 1.26 bits per heavy atom. The lowest BCUT2D eigenvalue weighted by Crippen LogP contribution is -2.74. The summed E-state index contributed by atoms with van der Waals surface area (Å²) in [6, 6.07) is 10.3. The zero-order valence-electron chi connectivity index (χ0n) is 15.7. The van der Waals surface area contributed by atoms with Gasteiger partial charge in [0, 0.05) is 29.1 Å². The predicted molar refractivity (Wildman–Crippen MR) is 101 cm³/mol. The van der Waals surface area contributed by atoms with Gasteiger partial charge in [-0.05, 0) is 24.3 Å². The average molecular weight is 385 g/mol. The molecular formula is C20H21ClN4O2. The van der Waals surface area contributed by atoms with E-state index in [0.717, 1.165) is 0 Å². The summed E-state index contributed by atoms with van der Waals surface area (Å²) in [5, 5.41) is 20.0. The van der Waals surface area contributed by atoms with Crippen LogP contribution in [0, 0.1) is 22.2 Å². The molecule has 3 rings (SSSR count). The summed E-state index contributed by atoms with van der Waals surface area (Å²) >= 11 is 6.11. The number of nitrogens with one attached hydrogen (secondary N) is 1. The molecule has 0 aliphatic heterocycles. The van der Waals surface area contributed by atoms with E-state index in [9.17, 15) is 4.79 Å². The second-order valence-electron chi connectivity index (χ2n) is 7.91. The van der Waals surface area contributed by atoms with Gasteiger partial charge in [0.25, 0.3) is 5.91 Å². The van der Waals surface area contributed by atoms with E-state index in [1.165, 1.54) is 6.20 Å². The van der Waals surface area contributed by atoms with Gasteiger partial charge in [-0.1, -0.05) is 39.3 Å². The zero-order valence-corrected chi connectivity index (χ0v) is 16.4. The van der Waals surface area contributed by atoms with Crippen LogP contribution in [0.2, 0.25) is 5.02 Å². The molecule has 1 N–H and O–H groups in total. The molecule has 1 aromatic heterocycles. The summed E-state index contributed by atoms with van der Waals surface area (Å²) in [5.41, 5.74) is 0.0568. The lowest BCUT2D eigenvalue weighted by Gasteiger charge is -2.63. The van der Waals surface area contributed by atoms with Gasteiger partial charge in [0.1, 0.15) is 17.9 Å². The van der Waals surface area contributed by atoms with Crippen LogP contribution in [0.15, 0.2) is 36.5 Å². The summed E-state index contributed by atoms with van der Waals surface area (Å²) in [7, 11) is 0. The number of carbonyl (C=O) groups is 1. The first-order chi connectivity index (χ1) is 12.7. The quantitative estimate of drug-likeness (QED) is 0.869. The summed E-state index contributed by atoms with van der Waals surface area (Å²) in [4.78, 5) is 12.5. The van der Waals surface area contributed by atoms with Crippen molar-refractivity contribution in [3.8, 4) is 11.8 Å². The number of aromatic nitrogens is 2. The highest BCUT2D eigenvalue weighted by atomic mass is 35.5. The second-order valence-corrected chi connectivity index (χ2v) is 8.32. The number of nitrogens with zero attached hydrogens (tertiary/aromatic N) is 3. The first-order valence-corrected chi connectivity index (χ1v) is 9.00. The van der Waals surface area contributed by atoms with Gasteiger partial charge in [0.2, 0.25) is 0 Å². The molecule has 0 radical (unpaired) electrons. The van der Waals surface area contributed by atoms with Crippen LogP contribution in [-0.4, -0.2) is 28.3 Å². The Hall–Kier alpha value is -2.65. The van der Waals surface area contributed by atoms with E-state index in [0.29, 0.717) is 16.3 Å². The predicted octanol–water partition coefficient (Wildman–Crippen LogP) is 3.61. The van der Waals surface area contributed by atoms with Crippen LogP contribution in [0.25, 0.3) is 0 Å². The maximum absolute atomic E-state index is 12.5. The molecule has 1 saturated carbocycles. The summed E-state index contributed by atoms with van der Waals surface area (Å²) in [6.07, 6.45) is 1.38. The van der Waals surface area contributed by atoms with Crippen LogP contribution in [0.5, 0.6) is 5.75 Å². The zero-order chi connectivity index (χ0) is 19.8. The number of carbonyl (C=O) groups excluding carboxylic acids is 1. The fourth-order valence-corrected chi connectivity index (χ4v) is 4.44. The van der Waals surface area contributed by atoms with Crippen LogP contribution < -0.4 is 10.1 Å². The van der Waals surface area contributed by atoms with Gasteiger partial charge in [-0.15, -0.1) is 5.10 Å². The van der Waals surface area contributed by atoms with Gasteiger partial charge in [0.15, 0.2) is 5.69 Å². The minimum atomic E-state index is -0.318. The van der Waals surface area contributed by atoms with Gasteiger partial charge in [0.05, 0.1) is 10.6 Å². The van der Waals surface area contributed by atoms with Gasteiger partial charge in [-0.3, -0.25) is 4.79 Å². The fraction of sp³-hybridized carbons (Fsp3) is 0.400. The van der Waals surface area contributed by atoms with Crippen molar-refractivity contribution in [3.05, 3.63) is 52.8 Å². The molecule has 140 valence electrons. The third-order valence-corrected chi connectivity index (χ3v) is 5.55. The first-order valence-electron chi connectivity index (χ1n) is 8.63. The third kappa shape index (κ3) is 3.35. The molecule has 27 heavy (non-hydrogen) atoms. The van der Waals surface area contributed by atoms with Crippen molar-refractivity contribution >= 4 is 17.5 Å². The molecule has 1 aromatic carbocycles. The number of ether oxygens (including phenoxy) is 1. The van der Waals surface area contributed by atoms with E-state index in [1.807, 2.05) is 6.07 Å². The summed E-state index contributed by atoms with van der Waals surface area (Å²) < 4.78 is 6.21. The maximum Gasteiger partial charge on any atom is 0.272 e. The largest absolute Gasteiger partial charge is 0.489 e. The van der Waals surface area contributed by atoms with Crippen molar-refractivity contribution in [2.45, 2.75) is 39.8 Å². The van der Waals surface area contributed by atoms with Gasteiger partial charge in [-0.2, -0.15) is 10.4 Å². The van der Waals surface area contributed by atoms with Crippen molar-refractivity contribution < 1.29 is 9.53 Å². The van der Waals surface area contributed by atoms with Crippen LogP contribution in [0.4, 0.5) is 0 Å². The Morgan fingerprint density at radius 3 is 2.52 bits per heavy atom. The molecule has 0 atom stereocenters. The van der Waals surface area contributed by atoms with Crippen LogP contribution in [0.1, 0.15) is 43.7 Å². The smallest absolute Gasteiger partial charge is 0.272 e. The Kier molecular flexibility index (Phi) is 4.83. The van der Waals surface area contributed by atoms with Gasteiger partial charge >= 0.3 is 0 Å². The fourth-order valence-electron chi connectivity index (χ4n) is 4.22. The van der Waals surface area contributed by atoms with Crippen molar-refractivity contribution in [1.29, 1.82) is 5.26 Å². The molecule has 1 heterocycles. The minimum Gasteiger partial charge on any atom is -0.489 e. The number of halogens is 1. The van der Waals surface area contributed by atoms with Crippen LogP contribution >= 0.6 is 11.6 Å². The molecule has 7 heteroatoms. The standard InChI is InChI=1S/C20H21ClN4O2/c1-19(2)17(24-16(26)15-6-5-9-23-25-15)20(3,4)18(19)27-13-8-7-12(11-22)14(21)10-13/h5-10,17-18H,1-4H3,(H,24,26)/t17-,18-. The van der Waals surface area contributed by atoms with E-state index in [2.05, 4.69) is 43.2 Å². The number of benzene rings is 1. The second kappa shape index (κ2) is 6.82. The van der Waals surface area contributed by atoms with Crippen LogP contribution in [-0.2, 0) is 0 Å². The van der Waals surface area contributed by atoms with Crippen molar-refractivity contribution in [2.24, 2.45) is 10.8 Å². The Balaban J connectivity index is 1.77. The number of nitriles is 1. The molecule has 2 aromatic rings. The minimum absolute atomic E-state index is 0.113. The maximum atomic E-state index is 12.5. The molecular weight excluding hydrogens is 364 g/mol. The van der Waals surface area contributed by atoms with Gasteiger partial charge in [-0.25, -0.2) is 0 Å². The molecule has 1 amide bonds. The highest BCUT2D eigenvalue weighted by Crippen LogP contribution is 2.55. The third-order valence-electron chi connectivity index (χ3n) is 5.23. The lowest BCUT2D eigenvalue weighted by molar-refractivity contribution is -0.164. The molecule has 1 aliphatic carbocycles. The van der Waals surface area contributed by atoms with Crippen molar-refractivity contribution in [3.63, 3.8) is 0 Å². The van der Waals surface area contributed by atoms with Gasteiger partial charge < -0.3 is 10.1 Å². The Labute approximate surface area is 163 Å². The summed E-state index contributed by atoms with van der Waals surface area (Å²) in [6.45, 7) is 8.21. The molecule has 6 nitrogen and oxygen atoms in total. The number of hydrogen-bond donors (Lipinski definition) is 1. The van der Waals surface area contributed by atoms with E-state index < -0.39 is 0 Å². The topological polar surface area (TPSA) is 87.9 Å². The normalized spacial score (nSPS) is 22.2. The van der Waals surface area contributed by atoms with Crippen LogP contribution in [0.3, 0.4) is 0 Å². The number of hydrogen-bond acceptors (Lipinski definition) is 5. The van der Waals surface area contributed by atoms with E-state index in [1.54, 1.807) is 30.3 Å². The van der Waals surface area contributed by atoms with E-state index >= 15 is 0 Å². The lowest BCUT2D eigenvalue weighted by atomic mass is 9.49. The van der Waals surface area contributed by atoms with Crippen molar-refractivity contribution in [1.82, 2.24) is 15.5 Å². The monoisotopic (exact) mass is 384 g/mol. The molecule has 0 bridgehead atoms. The molecule has 1 aliphatic rings. The van der Waals surface area contributed by atoms with E-state index in [4.69, 9.17) is 21.6 Å². The average Bonchev–Trinajstić information content (AvgIpc) is 2.64. The Morgan fingerprint density at radius 2 is 1.96 bits per heavy atom. The Bertz CT molecular complexity index is 890. The molecule has 0 saturated heterocycles. The van der Waals surface area contributed by atoms with E-state index in [-0.39, 0.29) is 34.6 Å². The highest BCUT2D eigenvalue weighted by molar-refractivity contribution is 6.31. The highest BCUT2D eigenvalue weighted by Gasteiger charge is 2.64. The molecule has 0 unspecified atom stereocenters. The SMILES string of the molecule is CC1(C)[C@H](NC(=O)c2cccnn2)C(C)(C)[C@H]1Oc1ccc(C#N)c(Cl)c1.